The minimum atomic E-state index is 0. The van der Waals surface area contributed by atoms with Crippen LogP contribution in [0, 0.1) is 18.3 Å². The zero-order valence-corrected chi connectivity index (χ0v) is 13.1. The molecule has 0 N–H and O–H groups in total. The van der Waals surface area contributed by atoms with Crippen molar-refractivity contribution in [2.24, 2.45) is 11.8 Å². The van der Waals surface area contributed by atoms with E-state index in [9.17, 15) is 0 Å². The molecule has 0 aliphatic carbocycles. The van der Waals surface area contributed by atoms with Crippen molar-refractivity contribution >= 4 is 0 Å². The van der Waals surface area contributed by atoms with Crippen LogP contribution in [0.15, 0.2) is 0 Å². The third-order valence-electron chi connectivity index (χ3n) is 2.45. The SMILES string of the molecule is CC(C)[C@@H]1CCCC[N-]C1.C[CH-]C.[Y]. The van der Waals surface area contributed by atoms with Gasteiger partial charge < -0.3 is 11.7 Å². The average Bonchev–Trinajstić information content (AvgIpc) is 2.32. The molecule has 1 nitrogen and oxygen atoms in total. The van der Waals surface area contributed by atoms with Crippen molar-refractivity contribution in [3.8, 4) is 0 Å². The monoisotopic (exact) mass is 272 g/mol. The van der Waals surface area contributed by atoms with Crippen LogP contribution in [0.1, 0.15) is 47.0 Å². The fourth-order valence-electron chi connectivity index (χ4n) is 1.52. The molecule has 1 aliphatic rings. The van der Waals surface area contributed by atoms with Gasteiger partial charge in [-0.3, -0.25) is 0 Å². The van der Waals surface area contributed by atoms with Crippen molar-refractivity contribution in [2.75, 3.05) is 13.1 Å². The molecule has 0 saturated carbocycles. The zero-order chi connectivity index (χ0) is 10.1. The Morgan fingerprint density at radius 3 is 2.29 bits per heavy atom. The Morgan fingerprint density at radius 2 is 1.79 bits per heavy atom. The van der Waals surface area contributed by atoms with Gasteiger partial charge in [0.2, 0.25) is 0 Å². The van der Waals surface area contributed by atoms with Crippen molar-refractivity contribution in [1.82, 2.24) is 0 Å². The van der Waals surface area contributed by atoms with Crippen LogP contribution in [0.25, 0.3) is 5.32 Å². The molecular formula is C12H25NY-2. The first kappa shape index (κ1) is 17.5. The van der Waals surface area contributed by atoms with Crippen LogP contribution in [0.5, 0.6) is 0 Å². The molecule has 14 heavy (non-hydrogen) atoms. The maximum absolute atomic E-state index is 4.47. The van der Waals surface area contributed by atoms with Gasteiger partial charge in [0.25, 0.3) is 0 Å². The Bertz CT molecular complexity index is 96.5. The van der Waals surface area contributed by atoms with E-state index in [0.29, 0.717) is 0 Å². The quantitative estimate of drug-likeness (QED) is 0.639. The van der Waals surface area contributed by atoms with Gasteiger partial charge in [0.15, 0.2) is 0 Å². The van der Waals surface area contributed by atoms with Crippen LogP contribution in [0.3, 0.4) is 0 Å². The second-order valence-electron chi connectivity index (χ2n) is 4.21. The summed E-state index contributed by atoms with van der Waals surface area (Å²) >= 11 is 0. The molecule has 1 saturated heterocycles. The van der Waals surface area contributed by atoms with Gasteiger partial charge >= 0.3 is 0 Å². The largest absolute Gasteiger partial charge is 0.662 e. The van der Waals surface area contributed by atoms with Crippen LogP contribution in [-0.2, 0) is 32.7 Å². The van der Waals surface area contributed by atoms with Crippen LogP contribution in [0.4, 0.5) is 0 Å². The van der Waals surface area contributed by atoms with Gasteiger partial charge in [0.1, 0.15) is 0 Å². The van der Waals surface area contributed by atoms with E-state index in [1.807, 2.05) is 20.3 Å². The van der Waals surface area contributed by atoms with Crippen LogP contribution in [-0.4, -0.2) is 13.1 Å². The molecule has 83 valence electrons. The minimum absolute atomic E-state index is 0. The maximum atomic E-state index is 4.47. The summed E-state index contributed by atoms with van der Waals surface area (Å²) in [6.45, 7) is 10.9. The first-order chi connectivity index (χ1) is 6.22. The second kappa shape index (κ2) is 12.1. The van der Waals surface area contributed by atoms with E-state index in [-0.39, 0.29) is 32.7 Å². The molecule has 1 rings (SSSR count). The Balaban J connectivity index is 0. The van der Waals surface area contributed by atoms with Gasteiger partial charge in [-0.1, -0.05) is 39.0 Å². The third kappa shape index (κ3) is 9.61. The van der Waals surface area contributed by atoms with Gasteiger partial charge in [-0.25, -0.2) is 0 Å². The summed E-state index contributed by atoms with van der Waals surface area (Å²) in [5.41, 5.74) is 0. The minimum Gasteiger partial charge on any atom is -0.662 e. The topological polar surface area (TPSA) is 14.1 Å². The predicted molar refractivity (Wildman–Crippen MR) is 60.9 cm³/mol. The van der Waals surface area contributed by atoms with Gasteiger partial charge in [-0.2, -0.15) is 13.8 Å². The summed E-state index contributed by atoms with van der Waals surface area (Å²) in [4.78, 5) is 0. The average molecular weight is 272 g/mol. The van der Waals surface area contributed by atoms with E-state index in [2.05, 4.69) is 19.2 Å². The Kier molecular flexibility index (Phi) is 15.1. The normalized spacial score (nSPS) is 21.6. The predicted octanol–water partition coefficient (Wildman–Crippen LogP) is 4.04. The smallest absolute Gasteiger partial charge is 0 e. The first-order valence-electron chi connectivity index (χ1n) is 5.59. The summed E-state index contributed by atoms with van der Waals surface area (Å²) < 4.78 is 0. The standard InChI is InChI=1S/C9H18N.C3H7.Y/c1-8(2)9-5-3-4-6-10-7-9;1-3-2;/h8-9H,3-7H2,1-2H3;3H,1-2H3;/q2*-1;/t9-;;/m1../s1. The molecular weight excluding hydrogens is 247 g/mol. The molecule has 0 aromatic heterocycles. The fraction of sp³-hybridized carbons (Fsp3) is 0.917. The molecule has 1 heterocycles. The molecule has 2 heteroatoms. The molecule has 0 spiro atoms. The van der Waals surface area contributed by atoms with Crippen molar-refractivity contribution in [3.05, 3.63) is 11.7 Å². The number of nitrogens with zero attached hydrogens (tertiary/aromatic N) is 1. The molecule has 0 bridgehead atoms. The van der Waals surface area contributed by atoms with E-state index in [0.717, 1.165) is 24.9 Å². The van der Waals surface area contributed by atoms with Crippen LogP contribution >= 0.6 is 0 Å². The van der Waals surface area contributed by atoms with E-state index in [1.54, 1.807) is 0 Å². The van der Waals surface area contributed by atoms with Crippen molar-refractivity contribution < 1.29 is 32.7 Å². The second-order valence-corrected chi connectivity index (χ2v) is 4.21. The number of rotatable bonds is 1. The molecule has 1 radical (unpaired) electrons. The van der Waals surface area contributed by atoms with Crippen molar-refractivity contribution in [2.45, 2.75) is 47.0 Å². The molecule has 0 unspecified atom stereocenters. The Hall–Kier alpha value is 1.06. The zero-order valence-electron chi connectivity index (χ0n) is 10.3. The van der Waals surface area contributed by atoms with Crippen molar-refractivity contribution in [1.29, 1.82) is 0 Å². The number of hydrogen-bond acceptors (Lipinski definition) is 0. The van der Waals surface area contributed by atoms with Crippen LogP contribution < -0.4 is 0 Å². The molecule has 1 fully saturated rings. The summed E-state index contributed by atoms with van der Waals surface area (Å²) in [6, 6.07) is 0. The maximum Gasteiger partial charge on any atom is 0 e. The van der Waals surface area contributed by atoms with Gasteiger partial charge in [-0.15, -0.1) is 13.1 Å². The first-order valence-corrected chi connectivity index (χ1v) is 5.59. The Morgan fingerprint density at radius 1 is 1.21 bits per heavy atom. The summed E-state index contributed by atoms with van der Waals surface area (Å²) in [7, 11) is 0. The molecule has 0 aromatic rings. The third-order valence-corrected chi connectivity index (χ3v) is 2.45. The van der Waals surface area contributed by atoms with E-state index >= 15 is 0 Å². The van der Waals surface area contributed by atoms with Crippen molar-refractivity contribution in [3.63, 3.8) is 0 Å². The number of hydrogen-bond donors (Lipinski definition) is 0. The summed E-state index contributed by atoms with van der Waals surface area (Å²) in [6.07, 6.45) is 6.12. The van der Waals surface area contributed by atoms with E-state index in [4.69, 9.17) is 0 Å². The van der Waals surface area contributed by atoms with E-state index in [1.165, 1.54) is 19.3 Å². The van der Waals surface area contributed by atoms with Crippen LogP contribution in [0.2, 0.25) is 0 Å². The summed E-state index contributed by atoms with van der Waals surface area (Å²) in [5, 5.41) is 4.47. The summed E-state index contributed by atoms with van der Waals surface area (Å²) in [5.74, 6) is 1.71. The van der Waals surface area contributed by atoms with Gasteiger partial charge in [-0.05, 0) is 5.92 Å². The Labute approximate surface area is 116 Å². The molecule has 0 amide bonds. The molecule has 1 atom stereocenters. The van der Waals surface area contributed by atoms with Gasteiger partial charge in [0.05, 0.1) is 0 Å². The van der Waals surface area contributed by atoms with Gasteiger partial charge in [0, 0.05) is 32.7 Å². The van der Waals surface area contributed by atoms with E-state index < -0.39 is 0 Å². The molecule has 1 aliphatic heterocycles. The molecule has 0 aromatic carbocycles. The fourth-order valence-corrected chi connectivity index (χ4v) is 1.52.